The number of carbonyl (C=O) groups excluding carboxylic acids is 2. The van der Waals surface area contributed by atoms with Crippen LogP contribution in [0.3, 0.4) is 0 Å². The number of aryl methyl sites for hydroxylation is 2. The van der Waals surface area contributed by atoms with E-state index in [-0.39, 0.29) is 24.2 Å². The summed E-state index contributed by atoms with van der Waals surface area (Å²) in [5.74, 6) is 4.78. The summed E-state index contributed by atoms with van der Waals surface area (Å²) in [7, 11) is 3.37. The first-order chi connectivity index (χ1) is 10.5. The largest absolute Gasteiger partial charge is 0.460 e. The first-order valence-corrected chi connectivity index (χ1v) is 6.61. The fraction of sp³-hybridized carbons (Fsp3) is 0.308. The number of esters is 1. The Kier molecular flexibility index (Phi) is 4.47. The molecule has 0 atom stereocenters. The van der Waals surface area contributed by atoms with E-state index < -0.39 is 5.97 Å². The standard InChI is InChI=1S/C13H18N6O3/c1-4-22-13(21)11-15-10(7-19(11)3)16-12(20)9-5-8(17-14)6-18(9)2/h5-7,17H,4,14H2,1-3H3,(H,16,20). The van der Waals surface area contributed by atoms with Gasteiger partial charge in [-0.3, -0.25) is 10.6 Å². The Morgan fingerprint density at radius 3 is 2.64 bits per heavy atom. The van der Waals surface area contributed by atoms with Crippen molar-refractivity contribution in [2.75, 3.05) is 17.3 Å². The minimum Gasteiger partial charge on any atom is -0.460 e. The van der Waals surface area contributed by atoms with Gasteiger partial charge in [0.05, 0.1) is 12.3 Å². The second-order valence-corrected chi connectivity index (χ2v) is 4.60. The molecule has 9 nitrogen and oxygen atoms in total. The molecule has 0 bridgehead atoms. The Hall–Kier alpha value is -2.81. The summed E-state index contributed by atoms with van der Waals surface area (Å²) >= 11 is 0. The number of ether oxygens (including phenoxy) is 1. The van der Waals surface area contributed by atoms with E-state index >= 15 is 0 Å². The van der Waals surface area contributed by atoms with E-state index in [1.54, 1.807) is 37.8 Å². The lowest BCUT2D eigenvalue weighted by molar-refractivity contribution is 0.0508. The van der Waals surface area contributed by atoms with Crippen LogP contribution >= 0.6 is 0 Å². The van der Waals surface area contributed by atoms with Gasteiger partial charge in [0.2, 0.25) is 5.82 Å². The molecule has 4 N–H and O–H groups in total. The van der Waals surface area contributed by atoms with E-state index in [2.05, 4.69) is 15.7 Å². The first kappa shape index (κ1) is 15.6. The average Bonchev–Trinajstić information content (AvgIpc) is 3.02. The highest BCUT2D eigenvalue weighted by Gasteiger charge is 2.18. The van der Waals surface area contributed by atoms with Gasteiger partial charge in [-0.05, 0) is 13.0 Å². The molecule has 0 saturated heterocycles. The van der Waals surface area contributed by atoms with Crippen LogP contribution in [-0.2, 0) is 18.8 Å². The molecule has 1 amide bonds. The van der Waals surface area contributed by atoms with Crippen LogP contribution in [0.4, 0.5) is 11.5 Å². The number of nitrogens with two attached hydrogens (primary N) is 1. The van der Waals surface area contributed by atoms with Crippen molar-refractivity contribution in [1.82, 2.24) is 14.1 Å². The van der Waals surface area contributed by atoms with Gasteiger partial charge in [0.1, 0.15) is 5.69 Å². The van der Waals surface area contributed by atoms with E-state index in [0.717, 1.165) is 0 Å². The number of carbonyl (C=O) groups is 2. The van der Waals surface area contributed by atoms with Crippen molar-refractivity contribution >= 4 is 23.4 Å². The predicted molar refractivity (Wildman–Crippen MR) is 80.3 cm³/mol. The summed E-state index contributed by atoms with van der Waals surface area (Å²) in [4.78, 5) is 28.0. The molecule has 0 aromatic carbocycles. The summed E-state index contributed by atoms with van der Waals surface area (Å²) in [6.45, 7) is 1.97. The van der Waals surface area contributed by atoms with Crippen LogP contribution in [0.25, 0.3) is 0 Å². The third kappa shape index (κ3) is 3.09. The number of nitrogen functional groups attached to an aromatic ring is 1. The molecule has 9 heteroatoms. The number of anilines is 2. The van der Waals surface area contributed by atoms with Crippen LogP contribution in [0.5, 0.6) is 0 Å². The molecule has 0 aliphatic heterocycles. The molecule has 2 aromatic heterocycles. The van der Waals surface area contributed by atoms with Gasteiger partial charge in [-0.2, -0.15) is 0 Å². The lowest BCUT2D eigenvalue weighted by Gasteiger charge is -2.02. The van der Waals surface area contributed by atoms with E-state index in [0.29, 0.717) is 11.4 Å². The van der Waals surface area contributed by atoms with Crippen molar-refractivity contribution in [2.24, 2.45) is 19.9 Å². The average molecular weight is 306 g/mol. The van der Waals surface area contributed by atoms with Crippen LogP contribution < -0.4 is 16.6 Å². The SMILES string of the molecule is CCOC(=O)c1nc(NC(=O)c2cc(NN)cn2C)cn1C. The van der Waals surface area contributed by atoms with Crippen molar-refractivity contribution in [3.8, 4) is 0 Å². The Balaban J connectivity index is 2.16. The summed E-state index contributed by atoms with van der Waals surface area (Å²) in [6, 6.07) is 1.60. The molecule has 0 saturated carbocycles. The van der Waals surface area contributed by atoms with Crippen molar-refractivity contribution in [3.63, 3.8) is 0 Å². The number of hydrogen-bond acceptors (Lipinski definition) is 6. The number of nitrogens with one attached hydrogen (secondary N) is 2. The smallest absolute Gasteiger partial charge is 0.374 e. The number of nitrogens with zero attached hydrogens (tertiary/aromatic N) is 3. The summed E-state index contributed by atoms with van der Waals surface area (Å²) in [5, 5.41) is 2.63. The number of imidazole rings is 1. The number of aromatic nitrogens is 3. The zero-order valence-electron chi connectivity index (χ0n) is 12.6. The third-order valence-corrected chi connectivity index (χ3v) is 2.98. The van der Waals surface area contributed by atoms with E-state index in [4.69, 9.17) is 10.6 Å². The minimum absolute atomic E-state index is 0.119. The Labute approximate surface area is 127 Å². The molecule has 2 aromatic rings. The highest BCUT2D eigenvalue weighted by atomic mass is 16.5. The normalized spacial score (nSPS) is 10.4. The maximum atomic E-state index is 12.2. The molecule has 0 aliphatic rings. The van der Waals surface area contributed by atoms with Gasteiger partial charge in [0, 0.05) is 26.5 Å². The van der Waals surface area contributed by atoms with Gasteiger partial charge in [-0.25, -0.2) is 9.78 Å². The van der Waals surface area contributed by atoms with E-state index in [1.807, 2.05) is 0 Å². The van der Waals surface area contributed by atoms with Crippen molar-refractivity contribution in [2.45, 2.75) is 6.92 Å². The predicted octanol–water partition coefficient (Wildman–Crippen LogP) is 0.473. The van der Waals surface area contributed by atoms with Crippen LogP contribution in [0.2, 0.25) is 0 Å². The van der Waals surface area contributed by atoms with E-state index in [1.165, 1.54) is 10.8 Å². The molecule has 22 heavy (non-hydrogen) atoms. The van der Waals surface area contributed by atoms with Gasteiger partial charge in [0.25, 0.3) is 5.91 Å². The van der Waals surface area contributed by atoms with Crippen molar-refractivity contribution in [3.05, 3.63) is 30.0 Å². The molecule has 2 heterocycles. The summed E-state index contributed by atoms with van der Waals surface area (Å²) in [5.41, 5.74) is 3.48. The number of hydrogen-bond donors (Lipinski definition) is 3. The van der Waals surface area contributed by atoms with Gasteiger partial charge in [-0.15, -0.1) is 0 Å². The Bertz CT molecular complexity index is 703. The highest BCUT2D eigenvalue weighted by Crippen LogP contribution is 2.14. The molecule has 118 valence electrons. The Morgan fingerprint density at radius 2 is 2.05 bits per heavy atom. The zero-order chi connectivity index (χ0) is 16.3. The molecule has 2 rings (SSSR count). The summed E-state index contributed by atoms with van der Waals surface area (Å²) < 4.78 is 8.00. The lowest BCUT2D eigenvalue weighted by atomic mass is 10.4. The third-order valence-electron chi connectivity index (χ3n) is 2.98. The first-order valence-electron chi connectivity index (χ1n) is 6.61. The van der Waals surface area contributed by atoms with Crippen molar-refractivity contribution in [1.29, 1.82) is 0 Å². The molecule has 0 aliphatic carbocycles. The fourth-order valence-corrected chi connectivity index (χ4v) is 1.96. The van der Waals surface area contributed by atoms with Crippen LogP contribution in [0.1, 0.15) is 28.0 Å². The zero-order valence-corrected chi connectivity index (χ0v) is 12.6. The number of amides is 1. The van der Waals surface area contributed by atoms with E-state index in [9.17, 15) is 9.59 Å². The minimum atomic E-state index is -0.543. The molecule has 0 unspecified atom stereocenters. The second kappa shape index (κ2) is 6.31. The second-order valence-electron chi connectivity index (χ2n) is 4.60. The molecule has 0 spiro atoms. The quantitative estimate of drug-likeness (QED) is 0.420. The Morgan fingerprint density at radius 1 is 1.32 bits per heavy atom. The van der Waals surface area contributed by atoms with Crippen molar-refractivity contribution < 1.29 is 14.3 Å². The van der Waals surface area contributed by atoms with Gasteiger partial charge >= 0.3 is 5.97 Å². The molecular formula is C13H18N6O3. The lowest BCUT2D eigenvalue weighted by Crippen LogP contribution is -2.15. The topological polar surface area (TPSA) is 116 Å². The van der Waals surface area contributed by atoms with Gasteiger partial charge in [0.15, 0.2) is 5.82 Å². The van der Waals surface area contributed by atoms with Gasteiger partial charge in [-0.1, -0.05) is 0 Å². The summed E-state index contributed by atoms with van der Waals surface area (Å²) in [6.07, 6.45) is 3.21. The molecule has 0 radical (unpaired) electrons. The van der Waals surface area contributed by atoms with Gasteiger partial charge < -0.3 is 24.6 Å². The fourth-order valence-electron chi connectivity index (χ4n) is 1.96. The maximum Gasteiger partial charge on any atom is 0.374 e. The molecule has 0 fully saturated rings. The van der Waals surface area contributed by atoms with Crippen LogP contribution in [-0.4, -0.2) is 32.6 Å². The number of rotatable bonds is 5. The van der Waals surface area contributed by atoms with Crippen LogP contribution in [0.15, 0.2) is 18.5 Å². The highest BCUT2D eigenvalue weighted by molar-refractivity contribution is 6.03. The monoisotopic (exact) mass is 306 g/mol. The van der Waals surface area contributed by atoms with Crippen LogP contribution in [0, 0.1) is 0 Å². The molecular weight excluding hydrogens is 288 g/mol. The maximum absolute atomic E-state index is 12.2. The number of hydrazine groups is 1.